The molecular weight excluding hydrogens is 262 g/mol. The van der Waals surface area contributed by atoms with Crippen molar-refractivity contribution in [2.75, 3.05) is 38.1 Å². The Bertz CT molecular complexity index is 460. The summed E-state index contributed by atoms with van der Waals surface area (Å²) in [7, 11) is 2.19. The molecule has 1 unspecified atom stereocenters. The van der Waals surface area contributed by atoms with E-state index in [4.69, 9.17) is 4.98 Å². The third kappa shape index (κ3) is 3.92. The summed E-state index contributed by atoms with van der Waals surface area (Å²) in [4.78, 5) is 14.2. The average molecular weight is 291 g/mol. The highest BCUT2D eigenvalue weighted by Gasteiger charge is 2.23. The molecule has 1 aromatic rings. The van der Waals surface area contributed by atoms with Crippen LogP contribution in [0.3, 0.4) is 0 Å². The maximum Gasteiger partial charge on any atom is 0.131 e. The van der Waals surface area contributed by atoms with Crippen LogP contribution in [0.15, 0.2) is 6.20 Å². The number of hydrogen-bond donors (Lipinski definition) is 1. The van der Waals surface area contributed by atoms with Crippen molar-refractivity contribution in [2.45, 2.75) is 46.2 Å². The van der Waals surface area contributed by atoms with Crippen molar-refractivity contribution in [1.29, 1.82) is 0 Å². The van der Waals surface area contributed by atoms with Gasteiger partial charge in [0.2, 0.25) is 0 Å². The van der Waals surface area contributed by atoms with Crippen LogP contribution in [0, 0.1) is 0 Å². The van der Waals surface area contributed by atoms with Gasteiger partial charge in [-0.3, -0.25) is 0 Å². The first-order valence-electron chi connectivity index (χ1n) is 8.04. The van der Waals surface area contributed by atoms with Gasteiger partial charge in [-0.25, -0.2) is 9.97 Å². The van der Waals surface area contributed by atoms with Crippen LogP contribution in [0.4, 0.5) is 5.69 Å². The zero-order valence-electron chi connectivity index (χ0n) is 14.1. The predicted molar refractivity (Wildman–Crippen MR) is 87.8 cm³/mol. The van der Waals surface area contributed by atoms with E-state index in [0.717, 1.165) is 44.2 Å². The Balaban J connectivity index is 2.24. The molecule has 1 saturated heterocycles. The molecule has 0 amide bonds. The van der Waals surface area contributed by atoms with Crippen molar-refractivity contribution in [3.05, 3.63) is 17.7 Å². The van der Waals surface area contributed by atoms with E-state index in [0.29, 0.717) is 12.0 Å². The summed E-state index contributed by atoms with van der Waals surface area (Å²) in [6.07, 6.45) is 2.02. The Hall–Kier alpha value is -1.20. The third-order valence-electron chi connectivity index (χ3n) is 4.22. The Kier molecular flexibility index (Phi) is 5.53. The van der Waals surface area contributed by atoms with Crippen LogP contribution in [0.25, 0.3) is 0 Å². The highest BCUT2D eigenvalue weighted by molar-refractivity contribution is 5.50. The Morgan fingerprint density at radius 1 is 1.38 bits per heavy atom. The molecular formula is C16H29N5. The largest absolute Gasteiger partial charge is 0.366 e. The molecule has 1 fully saturated rings. The highest BCUT2D eigenvalue weighted by atomic mass is 15.3. The summed E-state index contributed by atoms with van der Waals surface area (Å²) >= 11 is 0. The monoisotopic (exact) mass is 291 g/mol. The lowest BCUT2D eigenvalue weighted by molar-refractivity contribution is 0.233. The predicted octanol–water partition coefficient (Wildman–Crippen LogP) is 1.85. The van der Waals surface area contributed by atoms with E-state index < -0.39 is 0 Å². The molecule has 1 atom stereocenters. The summed E-state index contributed by atoms with van der Waals surface area (Å²) in [5.74, 6) is 1.31. The van der Waals surface area contributed by atoms with Crippen LogP contribution >= 0.6 is 0 Å². The highest BCUT2D eigenvalue weighted by Crippen LogP contribution is 2.23. The van der Waals surface area contributed by atoms with E-state index in [1.165, 1.54) is 5.69 Å². The Morgan fingerprint density at radius 3 is 2.76 bits per heavy atom. The van der Waals surface area contributed by atoms with Crippen molar-refractivity contribution in [2.24, 2.45) is 0 Å². The van der Waals surface area contributed by atoms with Crippen molar-refractivity contribution >= 4 is 5.69 Å². The minimum Gasteiger partial charge on any atom is -0.366 e. The topological polar surface area (TPSA) is 44.3 Å². The molecule has 0 aliphatic carbocycles. The lowest BCUT2D eigenvalue weighted by Gasteiger charge is -2.39. The van der Waals surface area contributed by atoms with Crippen molar-refractivity contribution in [1.82, 2.24) is 20.2 Å². The zero-order chi connectivity index (χ0) is 15.4. The summed E-state index contributed by atoms with van der Waals surface area (Å²) < 4.78 is 0. The molecule has 1 aliphatic rings. The van der Waals surface area contributed by atoms with E-state index in [1.54, 1.807) is 0 Å². The summed E-state index contributed by atoms with van der Waals surface area (Å²) in [6.45, 7) is 13.6. The van der Waals surface area contributed by atoms with Gasteiger partial charge < -0.3 is 15.1 Å². The van der Waals surface area contributed by atoms with Gasteiger partial charge in [0.15, 0.2) is 0 Å². The first-order chi connectivity index (χ1) is 10.0. The van der Waals surface area contributed by atoms with Gasteiger partial charge in [-0.05, 0) is 20.5 Å². The minimum absolute atomic E-state index is 0.367. The summed E-state index contributed by atoms with van der Waals surface area (Å²) in [5.41, 5.74) is 2.33. The molecule has 2 heterocycles. The Morgan fingerprint density at radius 2 is 2.14 bits per heavy atom. The molecule has 0 spiro atoms. The van der Waals surface area contributed by atoms with E-state index in [-0.39, 0.29) is 0 Å². The molecule has 0 saturated carbocycles. The first-order valence-corrected chi connectivity index (χ1v) is 8.04. The molecule has 0 aromatic carbocycles. The molecule has 1 N–H and O–H groups in total. The van der Waals surface area contributed by atoms with E-state index in [2.05, 4.69) is 54.8 Å². The van der Waals surface area contributed by atoms with Crippen molar-refractivity contribution in [3.8, 4) is 0 Å². The molecule has 21 heavy (non-hydrogen) atoms. The van der Waals surface area contributed by atoms with Crippen LogP contribution in [0.2, 0.25) is 0 Å². The fourth-order valence-corrected chi connectivity index (χ4v) is 2.61. The smallest absolute Gasteiger partial charge is 0.131 e. The maximum atomic E-state index is 4.80. The minimum atomic E-state index is 0.367. The number of nitrogens with zero attached hydrogens (tertiary/aromatic N) is 4. The number of hydrogen-bond acceptors (Lipinski definition) is 5. The second-order valence-electron chi connectivity index (χ2n) is 6.27. The standard InChI is InChI=1S/C16H29N5/c1-6-17-9-14-15(10-18-16(19-14)12(2)3)21-8-7-20(5)13(4)11-21/h10,12-13,17H,6-9,11H2,1-5H3. The molecule has 2 rings (SSSR count). The fourth-order valence-electron chi connectivity index (χ4n) is 2.61. The van der Waals surface area contributed by atoms with Crippen LogP contribution in [0.5, 0.6) is 0 Å². The van der Waals surface area contributed by atoms with Gasteiger partial charge in [-0.2, -0.15) is 0 Å². The van der Waals surface area contributed by atoms with Gasteiger partial charge in [0.05, 0.1) is 17.6 Å². The van der Waals surface area contributed by atoms with Crippen LogP contribution in [0.1, 0.15) is 45.1 Å². The van der Waals surface area contributed by atoms with Crippen molar-refractivity contribution < 1.29 is 0 Å². The molecule has 1 aromatic heterocycles. The third-order valence-corrected chi connectivity index (χ3v) is 4.22. The zero-order valence-corrected chi connectivity index (χ0v) is 14.1. The SMILES string of the molecule is CCNCc1nc(C(C)C)ncc1N1CCN(C)C(C)C1. The van der Waals surface area contributed by atoms with Gasteiger partial charge in [0, 0.05) is 38.1 Å². The van der Waals surface area contributed by atoms with Gasteiger partial charge in [0.25, 0.3) is 0 Å². The fraction of sp³-hybridized carbons (Fsp3) is 0.750. The number of likely N-dealkylation sites (N-methyl/N-ethyl adjacent to an activating group) is 1. The molecule has 5 nitrogen and oxygen atoms in total. The molecule has 118 valence electrons. The van der Waals surface area contributed by atoms with Gasteiger partial charge in [-0.15, -0.1) is 0 Å². The number of aromatic nitrogens is 2. The second-order valence-corrected chi connectivity index (χ2v) is 6.27. The second kappa shape index (κ2) is 7.18. The van der Waals surface area contributed by atoms with Crippen LogP contribution < -0.4 is 10.2 Å². The van der Waals surface area contributed by atoms with Crippen molar-refractivity contribution in [3.63, 3.8) is 0 Å². The van der Waals surface area contributed by atoms with Gasteiger partial charge >= 0.3 is 0 Å². The average Bonchev–Trinajstić information content (AvgIpc) is 2.47. The number of piperazine rings is 1. The molecule has 5 heteroatoms. The van der Waals surface area contributed by atoms with Crippen LogP contribution in [-0.2, 0) is 6.54 Å². The number of anilines is 1. The Labute approximate surface area is 128 Å². The lowest BCUT2D eigenvalue weighted by atomic mass is 10.1. The molecule has 0 bridgehead atoms. The molecule has 1 aliphatic heterocycles. The number of rotatable bonds is 5. The first kappa shape index (κ1) is 16.2. The maximum absolute atomic E-state index is 4.80. The van der Waals surface area contributed by atoms with E-state index in [9.17, 15) is 0 Å². The summed E-state index contributed by atoms with van der Waals surface area (Å²) in [6, 6.07) is 0.565. The van der Waals surface area contributed by atoms with Gasteiger partial charge in [0.1, 0.15) is 5.82 Å². The number of nitrogens with one attached hydrogen (secondary N) is 1. The van der Waals surface area contributed by atoms with Gasteiger partial charge in [-0.1, -0.05) is 20.8 Å². The van der Waals surface area contributed by atoms with Crippen LogP contribution in [-0.4, -0.2) is 54.1 Å². The molecule has 0 radical (unpaired) electrons. The normalized spacial score (nSPS) is 20.3. The lowest BCUT2D eigenvalue weighted by Crippen LogP contribution is -2.50. The summed E-state index contributed by atoms with van der Waals surface area (Å²) in [5, 5.41) is 3.40. The quantitative estimate of drug-likeness (QED) is 0.897. The van der Waals surface area contributed by atoms with E-state index >= 15 is 0 Å². The van der Waals surface area contributed by atoms with E-state index in [1.807, 2.05) is 6.20 Å².